The lowest BCUT2D eigenvalue weighted by molar-refractivity contribution is -0.139. The van der Waals surface area contributed by atoms with Crippen LogP contribution < -0.4 is 10.6 Å². The van der Waals surface area contributed by atoms with E-state index in [0.29, 0.717) is 25.9 Å². The van der Waals surface area contributed by atoms with Crippen LogP contribution in [0.15, 0.2) is 47.2 Å². The average Bonchev–Trinajstić information content (AvgIpc) is 3.14. The van der Waals surface area contributed by atoms with Gasteiger partial charge in [0.15, 0.2) is 0 Å². The molecule has 6 heteroatoms. The molecule has 24 heavy (non-hydrogen) atoms. The van der Waals surface area contributed by atoms with E-state index < -0.39 is 11.8 Å². The number of nitrogens with one attached hydrogen (secondary N) is 2. The highest BCUT2D eigenvalue weighted by Gasteiger charge is 2.15. The summed E-state index contributed by atoms with van der Waals surface area (Å²) in [5.74, 6) is -1.07. The van der Waals surface area contributed by atoms with Crippen LogP contribution in [-0.2, 0) is 16.1 Å². The lowest BCUT2D eigenvalue weighted by Gasteiger charge is -2.15. The molecule has 1 atom stereocenters. The van der Waals surface area contributed by atoms with Crippen molar-refractivity contribution in [3.8, 4) is 0 Å². The predicted molar refractivity (Wildman–Crippen MR) is 94.7 cm³/mol. The third kappa shape index (κ3) is 5.79. The fourth-order valence-corrected chi connectivity index (χ4v) is 3.18. The van der Waals surface area contributed by atoms with Crippen LogP contribution in [0, 0.1) is 0 Å². The third-order valence-electron chi connectivity index (χ3n) is 3.77. The number of amides is 2. The number of carbonyl (C=O) groups excluding carboxylic acids is 2. The Morgan fingerprint density at radius 3 is 2.46 bits per heavy atom. The molecule has 1 aromatic heterocycles. The molecule has 0 spiro atoms. The molecule has 5 nitrogen and oxygen atoms in total. The van der Waals surface area contributed by atoms with Gasteiger partial charge in [0, 0.05) is 19.7 Å². The van der Waals surface area contributed by atoms with E-state index in [4.69, 9.17) is 5.11 Å². The first-order valence-electron chi connectivity index (χ1n) is 7.93. The van der Waals surface area contributed by atoms with Crippen molar-refractivity contribution >= 4 is 23.2 Å². The quantitative estimate of drug-likeness (QED) is 0.640. The van der Waals surface area contributed by atoms with Crippen molar-refractivity contribution in [1.82, 2.24) is 10.6 Å². The van der Waals surface area contributed by atoms with Crippen molar-refractivity contribution in [2.75, 3.05) is 13.2 Å². The number of rotatable bonds is 8. The minimum Gasteiger partial charge on any atom is -0.396 e. The van der Waals surface area contributed by atoms with Gasteiger partial charge in [-0.25, -0.2) is 0 Å². The monoisotopic (exact) mass is 346 g/mol. The number of hydrogen-bond acceptors (Lipinski definition) is 4. The highest BCUT2D eigenvalue weighted by Crippen LogP contribution is 2.24. The second-order valence-corrected chi connectivity index (χ2v) is 6.26. The van der Waals surface area contributed by atoms with Gasteiger partial charge < -0.3 is 15.7 Å². The molecule has 1 aromatic carbocycles. The molecule has 3 N–H and O–H groups in total. The minimum absolute atomic E-state index is 0.103. The van der Waals surface area contributed by atoms with Crippen molar-refractivity contribution in [3.05, 3.63) is 58.3 Å². The number of aliphatic hydroxyl groups is 1. The number of hydrogen-bond donors (Lipinski definition) is 3. The molecular weight excluding hydrogens is 324 g/mol. The Kier molecular flexibility index (Phi) is 7.45. The molecule has 0 aliphatic heterocycles. The second kappa shape index (κ2) is 9.85. The summed E-state index contributed by atoms with van der Waals surface area (Å²) in [6.07, 6.45) is 1.34. The Bertz CT molecular complexity index is 629. The topological polar surface area (TPSA) is 78.4 Å². The van der Waals surface area contributed by atoms with E-state index in [2.05, 4.69) is 16.0 Å². The number of carbonyl (C=O) groups is 2. The molecule has 2 aromatic rings. The summed E-state index contributed by atoms with van der Waals surface area (Å²) < 4.78 is 0. The first-order valence-corrected chi connectivity index (χ1v) is 8.88. The molecule has 0 fully saturated rings. The molecule has 2 rings (SSSR count). The zero-order chi connectivity index (χ0) is 17.2. The zero-order valence-electron chi connectivity index (χ0n) is 13.4. The van der Waals surface area contributed by atoms with Gasteiger partial charge in [-0.1, -0.05) is 30.3 Å². The van der Waals surface area contributed by atoms with Gasteiger partial charge in [-0.2, -0.15) is 11.3 Å². The van der Waals surface area contributed by atoms with Gasteiger partial charge in [0.25, 0.3) is 0 Å². The number of thiophene rings is 1. The van der Waals surface area contributed by atoms with E-state index >= 15 is 0 Å². The molecule has 0 unspecified atom stereocenters. The zero-order valence-corrected chi connectivity index (χ0v) is 14.2. The lowest BCUT2D eigenvalue weighted by Crippen LogP contribution is -2.40. The van der Waals surface area contributed by atoms with Crippen molar-refractivity contribution < 1.29 is 14.7 Å². The minimum atomic E-state index is -0.631. The summed E-state index contributed by atoms with van der Waals surface area (Å²) in [6, 6.07) is 11.5. The van der Waals surface area contributed by atoms with Crippen LogP contribution in [-0.4, -0.2) is 30.1 Å². The van der Waals surface area contributed by atoms with Gasteiger partial charge in [0.05, 0.1) is 0 Å². The predicted octanol–water partition coefficient (Wildman–Crippen LogP) is 2.04. The van der Waals surface area contributed by atoms with Crippen LogP contribution in [0.4, 0.5) is 0 Å². The first kappa shape index (κ1) is 18.2. The molecular formula is C18H22N2O3S. The Balaban J connectivity index is 1.72. The first-order chi connectivity index (χ1) is 11.7. The van der Waals surface area contributed by atoms with Crippen LogP contribution in [0.3, 0.4) is 0 Å². The molecule has 0 saturated carbocycles. The van der Waals surface area contributed by atoms with Crippen LogP contribution in [0.2, 0.25) is 0 Å². The van der Waals surface area contributed by atoms with Gasteiger partial charge in [0.2, 0.25) is 0 Å². The van der Waals surface area contributed by atoms with E-state index in [1.807, 2.05) is 41.8 Å². The van der Waals surface area contributed by atoms with E-state index in [9.17, 15) is 9.59 Å². The standard InChI is InChI=1S/C18H22N2O3S/c21-10-7-15(16-8-11-24-13-16)6-9-19-17(22)18(23)20-12-14-4-2-1-3-5-14/h1-5,8,11,13,15,21H,6-7,9-10,12H2,(H,19,22)(H,20,23)/t15-/m0/s1. The number of aliphatic hydroxyl groups excluding tert-OH is 1. The molecule has 128 valence electrons. The smallest absolute Gasteiger partial charge is 0.309 e. The highest BCUT2D eigenvalue weighted by atomic mass is 32.1. The van der Waals surface area contributed by atoms with Gasteiger partial charge in [-0.3, -0.25) is 9.59 Å². The summed E-state index contributed by atoms with van der Waals surface area (Å²) in [5, 5.41) is 18.4. The lowest BCUT2D eigenvalue weighted by atomic mass is 9.95. The summed E-state index contributed by atoms with van der Waals surface area (Å²) >= 11 is 1.61. The fourth-order valence-electron chi connectivity index (χ4n) is 2.44. The maximum atomic E-state index is 11.8. The summed E-state index contributed by atoms with van der Waals surface area (Å²) in [5.41, 5.74) is 2.11. The van der Waals surface area contributed by atoms with Gasteiger partial charge in [-0.05, 0) is 46.7 Å². The molecule has 0 aliphatic rings. The van der Waals surface area contributed by atoms with Gasteiger partial charge in [-0.15, -0.1) is 0 Å². The van der Waals surface area contributed by atoms with Crippen LogP contribution in [0.5, 0.6) is 0 Å². The largest absolute Gasteiger partial charge is 0.396 e. The fraction of sp³-hybridized carbons (Fsp3) is 0.333. The van der Waals surface area contributed by atoms with E-state index in [1.165, 1.54) is 0 Å². The average molecular weight is 346 g/mol. The van der Waals surface area contributed by atoms with E-state index in [0.717, 1.165) is 11.1 Å². The molecule has 2 amide bonds. The summed E-state index contributed by atoms with van der Waals surface area (Å²) in [6.45, 7) is 0.833. The Morgan fingerprint density at radius 2 is 1.79 bits per heavy atom. The number of benzene rings is 1. The third-order valence-corrected chi connectivity index (χ3v) is 4.47. The summed E-state index contributed by atoms with van der Waals surface area (Å²) in [7, 11) is 0. The van der Waals surface area contributed by atoms with Crippen molar-refractivity contribution in [1.29, 1.82) is 0 Å². The second-order valence-electron chi connectivity index (χ2n) is 5.48. The highest BCUT2D eigenvalue weighted by molar-refractivity contribution is 7.07. The van der Waals surface area contributed by atoms with Gasteiger partial charge >= 0.3 is 11.8 Å². The normalized spacial score (nSPS) is 11.7. The maximum Gasteiger partial charge on any atom is 0.309 e. The Labute approximate surface area is 145 Å². The Hall–Kier alpha value is -2.18. The van der Waals surface area contributed by atoms with Crippen LogP contribution in [0.25, 0.3) is 0 Å². The van der Waals surface area contributed by atoms with Crippen molar-refractivity contribution in [2.24, 2.45) is 0 Å². The van der Waals surface area contributed by atoms with E-state index in [-0.39, 0.29) is 12.5 Å². The molecule has 0 radical (unpaired) electrons. The SMILES string of the molecule is O=C(NCC[C@@H](CCO)c1ccsc1)C(=O)NCc1ccccc1. The van der Waals surface area contributed by atoms with Crippen molar-refractivity contribution in [3.63, 3.8) is 0 Å². The molecule has 1 heterocycles. The van der Waals surface area contributed by atoms with E-state index in [1.54, 1.807) is 11.3 Å². The molecule has 0 bridgehead atoms. The van der Waals surface area contributed by atoms with Gasteiger partial charge in [0.1, 0.15) is 0 Å². The van der Waals surface area contributed by atoms with Crippen molar-refractivity contribution in [2.45, 2.75) is 25.3 Å². The Morgan fingerprint density at radius 1 is 1.04 bits per heavy atom. The molecule has 0 aliphatic carbocycles. The summed E-state index contributed by atoms with van der Waals surface area (Å²) in [4.78, 5) is 23.6. The maximum absolute atomic E-state index is 11.8. The van der Waals surface area contributed by atoms with Crippen LogP contribution in [0.1, 0.15) is 29.9 Å². The van der Waals surface area contributed by atoms with Crippen LogP contribution >= 0.6 is 11.3 Å². The molecule has 0 saturated heterocycles.